The Hall–Kier alpha value is -0.910. The summed E-state index contributed by atoms with van der Waals surface area (Å²) in [6.45, 7) is 0. The molecule has 0 radical (unpaired) electrons. The van der Waals surface area contributed by atoms with Gasteiger partial charge in [-0.1, -0.05) is 19.3 Å². The Kier molecular flexibility index (Phi) is 5.79. The lowest BCUT2D eigenvalue weighted by Gasteiger charge is -2.22. The lowest BCUT2D eigenvalue weighted by molar-refractivity contribution is -0.141. The van der Waals surface area contributed by atoms with E-state index in [1.54, 1.807) is 0 Å². The van der Waals surface area contributed by atoms with Gasteiger partial charge >= 0.3 is 5.97 Å². The lowest BCUT2D eigenvalue weighted by Crippen LogP contribution is -2.39. The quantitative estimate of drug-likeness (QED) is 0.723. The molecule has 0 heterocycles. The van der Waals surface area contributed by atoms with Crippen LogP contribution in [0.2, 0.25) is 0 Å². The molecule has 1 atom stereocenters. The first-order chi connectivity index (χ1) is 10.0. The molecule has 0 bridgehead atoms. The first kappa shape index (κ1) is 16.5. The molecular weight excluding hydrogens is 290 g/mol. The zero-order valence-corrected chi connectivity index (χ0v) is 13.5. The number of esters is 1. The summed E-state index contributed by atoms with van der Waals surface area (Å²) in [4.78, 5) is 23.2. The van der Waals surface area contributed by atoms with E-state index < -0.39 is 10.8 Å². The Morgan fingerprint density at radius 3 is 2.48 bits per heavy atom. The maximum atomic E-state index is 12.1. The first-order valence-electron chi connectivity index (χ1n) is 7.74. The topological polar surface area (TPSA) is 72.5 Å². The maximum Gasteiger partial charge on any atom is 0.306 e. The van der Waals surface area contributed by atoms with Gasteiger partial charge in [-0.15, -0.1) is 0 Å². The van der Waals surface area contributed by atoms with E-state index in [0.717, 1.165) is 38.5 Å². The highest BCUT2D eigenvalue weighted by molar-refractivity contribution is 7.85. The molecule has 0 spiro atoms. The molecule has 2 saturated carbocycles. The number of hydrogen-bond acceptors (Lipinski definition) is 4. The van der Waals surface area contributed by atoms with Crippen LogP contribution in [-0.2, 0) is 25.1 Å². The molecule has 5 nitrogen and oxygen atoms in total. The average Bonchev–Trinajstić information content (AvgIpc) is 3.18. The van der Waals surface area contributed by atoms with E-state index in [2.05, 4.69) is 10.1 Å². The van der Waals surface area contributed by atoms with E-state index in [4.69, 9.17) is 0 Å². The molecule has 0 aliphatic heterocycles. The van der Waals surface area contributed by atoms with Crippen molar-refractivity contribution in [2.75, 3.05) is 18.6 Å². The number of ether oxygens (including phenoxy) is 1. The number of methoxy groups -OCH3 is 1. The normalized spacial score (nSPS) is 22.3. The van der Waals surface area contributed by atoms with E-state index in [0.29, 0.717) is 12.2 Å². The average molecular weight is 315 g/mol. The smallest absolute Gasteiger partial charge is 0.306 e. The predicted octanol–water partition coefficient (Wildman–Crippen LogP) is 1.53. The first-order valence-corrected chi connectivity index (χ1v) is 9.23. The summed E-state index contributed by atoms with van der Waals surface area (Å²) in [5, 5.41) is 2.98. The van der Waals surface area contributed by atoms with Crippen molar-refractivity contribution in [1.82, 2.24) is 5.32 Å². The van der Waals surface area contributed by atoms with Crippen LogP contribution < -0.4 is 5.32 Å². The van der Waals surface area contributed by atoms with Crippen LogP contribution in [-0.4, -0.2) is 40.7 Å². The van der Waals surface area contributed by atoms with E-state index in [1.165, 1.54) is 13.5 Å². The second-order valence-corrected chi connectivity index (χ2v) is 7.84. The van der Waals surface area contributed by atoms with E-state index in [-0.39, 0.29) is 29.1 Å². The van der Waals surface area contributed by atoms with Crippen LogP contribution >= 0.6 is 0 Å². The van der Waals surface area contributed by atoms with Crippen molar-refractivity contribution in [3.8, 4) is 0 Å². The van der Waals surface area contributed by atoms with E-state index in [1.807, 2.05) is 0 Å². The standard InChI is InChI=1S/C15H25NO4S/c1-20-14(18)9-15(7-8-15)11-21(19)10-13(17)16-12-5-3-2-4-6-12/h12H,2-11H2,1H3,(H,16,17). The number of amides is 1. The van der Waals surface area contributed by atoms with Crippen molar-refractivity contribution in [2.45, 2.75) is 57.4 Å². The number of carbonyl (C=O) groups excluding carboxylic acids is 2. The number of carbonyl (C=O) groups is 2. The predicted molar refractivity (Wildman–Crippen MR) is 81.2 cm³/mol. The number of hydrogen-bond donors (Lipinski definition) is 1. The third kappa shape index (κ3) is 5.41. The lowest BCUT2D eigenvalue weighted by atomic mass is 9.95. The molecule has 21 heavy (non-hydrogen) atoms. The molecule has 1 N–H and O–H groups in total. The minimum absolute atomic E-state index is 0.0550. The summed E-state index contributed by atoms with van der Waals surface area (Å²) in [6.07, 6.45) is 7.76. The van der Waals surface area contributed by atoms with Crippen LogP contribution in [0.3, 0.4) is 0 Å². The highest BCUT2D eigenvalue weighted by Crippen LogP contribution is 2.49. The Bertz CT molecular complexity index is 414. The summed E-state index contributed by atoms with van der Waals surface area (Å²) in [7, 11) is 0.168. The Labute approximate surface area is 128 Å². The second-order valence-electron chi connectivity index (χ2n) is 6.38. The monoisotopic (exact) mass is 315 g/mol. The summed E-state index contributed by atoms with van der Waals surface area (Å²) < 4.78 is 16.8. The van der Waals surface area contributed by atoms with Crippen molar-refractivity contribution in [3.05, 3.63) is 0 Å². The zero-order valence-electron chi connectivity index (χ0n) is 12.7. The van der Waals surface area contributed by atoms with Crippen LogP contribution in [0.25, 0.3) is 0 Å². The van der Waals surface area contributed by atoms with Crippen molar-refractivity contribution < 1.29 is 18.5 Å². The molecule has 0 saturated heterocycles. The number of nitrogens with one attached hydrogen (secondary N) is 1. The zero-order chi connectivity index (χ0) is 15.3. The third-order valence-corrected chi connectivity index (χ3v) is 5.95. The summed E-state index contributed by atoms with van der Waals surface area (Å²) in [5.41, 5.74) is -0.178. The van der Waals surface area contributed by atoms with Crippen LogP contribution in [0.4, 0.5) is 0 Å². The number of rotatable bonds is 7. The molecule has 2 aliphatic rings. The molecule has 6 heteroatoms. The Morgan fingerprint density at radius 1 is 1.24 bits per heavy atom. The maximum absolute atomic E-state index is 12.1. The minimum Gasteiger partial charge on any atom is -0.469 e. The molecular formula is C15H25NO4S. The SMILES string of the molecule is COC(=O)CC1(CS(=O)CC(=O)NC2CCCCC2)CC1. The summed E-state index contributed by atoms with van der Waals surface area (Å²) in [6, 6.07) is 0.258. The molecule has 1 amide bonds. The largest absolute Gasteiger partial charge is 0.469 e. The molecule has 2 rings (SSSR count). The van der Waals surface area contributed by atoms with Crippen LogP contribution in [0.15, 0.2) is 0 Å². The molecule has 1 unspecified atom stereocenters. The molecule has 2 aliphatic carbocycles. The van der Waals surface area contributed by atoms with Crippen LogP contribution in [0.1, 0.15) is 51.4 Å². The van der Waals surface area contributed by atoms with Crippen LogP contribution in [0, 0.1) is 5.41 Å². The Morgan fingerprint density at radius 2 is 1.90 bits per heavy atom. The van der Waals surface area contributed by atoms with Gasteiger partial charge in [0.1, 0.15) is 5.75 Å². The Balaban J connectivity index is 1.71. The van der Waals surface area contributed by atoms with Gasteiger partial charge in [-0.2, -0.15) is 0 Å². The summed E-state index contributed by atoms with van der Waals surface area (Å²) in [5.74, 6) is 0.116. The highest BCUT2D eigenvalue weighted by Gasteiger charge is 2.46. The minimum atomic E-state index is -1.20. The third-order valence-electron chi connectivity index (χ3n) is 4.43. The van der Waals surface area contributed by atoms with Crippen molar-refractivity contribution in [3.63, 3.8) is 0 Å². The molecule has 120 valence electrons. The second kappa shape index (κ2) is 7.38. The summed E-state index contributed by atoms with van der Waals surface area (Å²) >= 11 is 0. The molecule has 0 aromatic carbocycles. The van der Waals surface area contributed by atoms with Crippen molar-refractivity contribution >= 4 is 22.7 Å². The fourth-order valence-electron chi connectivity index (χ4n) is 2.98. The van der Waals surface area contributed by atoms with Gasteiger partial charge in [-0.3, -0.25) is 13.8 Å². The fraction of sp³-hybridized carbons (Fsp3) is 0.867. The van der Waals surface area contributed by atoms with Gasteiger partial charge in [0, 0.05) is 22.6 Å². The van der Waals surface area contributed by atoms with E-state index in [9.17, 15) is 13.8 Å². The van der Waals surface area contributed by atoms with E-state index >= 15 is 0 Å². The van der Waals surface area contributed by atoms with Gasteiger partial charge in [-0.05, 0) is 31.1 Å². The van der Waals surface area contributed by atoms with Crippen molar-refractivity contribution in [2.24, 2.45) is 5.41 Å². The van der Waals surface area contributed by atoms with Gasteiger partial charge < -0.3 is 10.1 Å². The van der Waals surface area contributed by atoms with Crippen molar-refractivity contribution in [1.29, 1.82) is 0 Å². The fourth-order valence-corrected chi connectivity index (χ4v) is 4.53. The van der Waals surface area contributed by atoms with Gasteiger partial charge in [0.2, 0.25) is 5.91 Å². The highest BCUT2D eigenvalue weighted by atomic mass is 32.2. The van der Waals surface area contributed by atoms with Gasteiger partial charge in [0.15, 0.2) is 0 Å². The van der Waals surface area contributed by atoms with Gasteiger partial charge in [0.05, 0.1) is 13.5 Å². The van der Waals surface area contributed by atoms with Gasteiger partial charge in [-0.25, -0.2) is 0 Å². The molecule has 0 aromatic rings. The van der Waals surface area contributed by atoms with Crippen LogP contribution in [0.5, 0.6) is 0 Å². The molecule has 0 aromatic heterocycles. The van der Waals surface area contributed by atoms with Gasteiger partial charge in [0.25, 0.3) is 0 Å². The molecule has 2 fully saturated rings.